The molecule has 0 unspecified atom stereocenters. The predicted octanol–water partition coefficient (Wildman–Crippen LogP) is 6.41. The number of non-ortho nitro benzene ring substituents is 1. The molecule has 0 saturated carbocycles. The Kier molecular flexibility index (Phi) is 10.2. The van der Waals surface area contributed by atoms with Crippen molar-refractivity contribution in [2.45, 2.75) is 20.5 Å². The topological polar surface area (TPSA) is 137 Å². The molecule has 1 saturated heterocycles. The van der Waals surface area contributed by atoms with Gasteiger partial charge in [-0.3, -0.25) is 29.4 Å². The van der Waals surface area contributed by atoms with E-state index in [2.05, 4.69) is 21.2 Å². The molecule has 1 aliphatic rings. The number of nitrogens with one attached hydrogen (secondary N) is 1. The molecular formula is C29H26BrN3O8S. The normalized spacial score (nSPS) is 13.8. The maximum Gasteiger partial charge on any atom is 0.294 e. The summed E-state index contributed by atoms with van der Waals surface area (Å²) >= 11 is 4.21. The van der Waals surface area contributed by atoms with Crippen LogP contribution in [0.25, 0.3) is 6.08 Å². The van der Waals surface area contributed by atoms with E-state index in [0.717, 1.165) is 16.7 Å². The lowest BCUT2D eigenvalue weighted by atomic mass is 10.1. The number of halogens is 1. The first-order chi connectivity index (χ1) is 20.2. The van der Waals surface area contributed by atoms with E-state index in [1.165, 1.54) is 18.2 Å². The number of nitrogens with zero attached hydrogens (tertiary/aromatic N) is 2. The number of ether oxygens (including phenoxy) is 3. The molecule has 3 aromatic rings. The number of amides is 3. The molecule has 0 aromatic heterocycles. The van der Waals surface area contributed by atoms with Gasteiger partial charge in [-0.2, -0.15) is 0 Å². The summed E-state index contributed by atoms with van der Waals surface area (Å²) in [6.07, 6.45) is 1.53. The van der Waals surface area contributed by atoms with Crippen molar-refractivity contribution in [1.82, 2.24) is 4.90 Å². The molecule has 1 fully saturated rings. The largest absolute Gasteiger partial charge is 0.494 e. The molecular weight excluding hydrogens is 630 g/mol. The van der Waals surface area contributed by atoms with E-state index in [1.54, 1.807) is 55.5 Å². The smallest absolute Gasteiger partial charge is 0.294 e. The van der Waals surface area contributed by atoms with Gasteiger partial charge in [-0.25, -0.2) is 0 Å². The van der Waals surface area contributed by atoms with Crippen LogP contribution in [-0.4, -0.2) is 46.6 Å². The molecule has 3 amide bonds. The fraction of sp³-hybridized carbons (Fsp3) is 0.207. The maximum absolute atomic E-state index is 13.0. The number of anilines is 1. The van der Waals surface area contributed by atoms with Gasteiger partial charge in [0.05, 0.1) is 23.0 Å². The summed E-state index contributed by atoms with van der Waals surface area (Å²) in [6, 6.07) is 16.2. The Labute approximate surface area is 254 Å². The van der Waals surface area contributed by atoms with E-state index < -0.39 is 28.5 Å². The second-order valence-electron chi connectivity index (χ2n) is 8.74. The van der Waals surface area contributed by atoms with Crippen LogP contribution in [0.4, 0.5) is 16.2 Å². The maximum atomic E-state index is 13.0. The molecule has 13 heteroatoms. The van der Waals surface area contributed by atoms with Crippen molar-refractivity contribution in [3.8, 4) is 17.2 Å². The summed E-state index contributed by atoms with van der Waals surface area (Å²) in [5.41, 5.74) is 1.61. The van der Waals surface area contributed by atoms with Crippen LogP contribution in [0.15, 0.2) is 70.0 Å². The molecule has 0 spiro atoms. The van der Waals surface area contributed by atoms with Gasteiger partial charge in [-0.1, -0.05) is 28.1 Å². The Morgan fingerprint density at radius 2 is 1.74 bits per heavy atom. The standard InChI is InChI=1S/C29H26BrN3O8S/c1-3-39-22-10-8-20(9-11-22)31-27(34)16-32-28(35)26(42-29(32)36)14-19-13-24(40-4-2)25(15-23(19)30)41-17-18-6-5-7-21(12-18)33(37)38/h5-15H,3-4,16-17H2,1-2H3,(H,31,34)/b26-14+. The van der Waals surface area contributed by atoms with Gasteiger partial charge in [0.2, 0.25) is 5.91 Å². The zero-order chi connectivity index (χ0) is 30.2. The summed E-state index contributed by atoms with van der Waals surface area (Å²) in [4.78, 5) is 49.9. The summed E-state index contributed by atoms with van der Waals surface area (Å²) < 4.78 is 17.6. The van der Waals surface area contributed by atoms with Gasteiger partial charge < -0.3 is 19.5 Å². The van der Waals surface area contributed by atoms with Crippen LogP contribution >= 0.6 is 27.7 Å². The Morgan fingerprint density at radius 1 is 1.02 bits per heavy atom. The van der Waals surface area contributed by atoms with E-state index in [9.17, 15) is 24.5 Å². The first-order valence-corrected chi connectivity index (χ1v) is 14.4. The van der Waals surface area contributed by atoms with E-state index >= 15 is 0 Å². The van der Waals surface area contributed by atoms with Crippen LogP contribution < -0.4 is 19.5 Å². The highest BCUT2D eigenvalue weighted by Crippen LogP contribution is 2.38. The van der Waals surface area contributed by atoms with Crippen molar-refractivity contribution >= 4 is 62.2 Å². The number of nitro groups is 1. The minimum absolute atomic E-state index is 0.0414. The summed E-state index contributed by atoms with van der Waals surface area (Å²) in [5.74, 6) is 0.306. The molecule has 1 N–H and O–H groups in total. The molecule has 0 atom stereocenters. The average molecular weight is 657 g/mol. The van der Waals surface area contributed by atoms with Crippen LogP contribution in [-0.2, 0) is 16.2 Å². The van der Waals surface area contributed by atoms with Crippen LogP contribution in [0.3, 0.4) is 0 Å². The molecule has 4 rings (SSSR count). The lowest BCUT2D eigenvalue weighted by Crippen LogP contribution is -2.36. The van der Waals surface area contributed by atoms with Crippen molar-refractivity contribution in [1.29, 1.82) is 0 Å². The van der Waals surface area contributed by atoms with Crippen LogP contribution in [0.1, 0.15) is 25.0 Å². The van der Waals surface area contributed by atoms with Gasteiger partial charge in [0.15, 0.2) is 11.5 Å². The third kappa shape index (κ3) is 7.68. The Morgan fingerprint density at radius 3 is 2.43 bits per heavy atom. The number of rotatable bonds is 12. The van der Waals surface area contributed by atoms with Crippen molar-refractivity contribution in [2.24, 2.45) is 0 Å². The fourth-order valence-electron chi connectivity index (χ4n) is 3.89. The van der Waals surface area contributed by atoms with Gasteiger partial charge in [0, 0.05) is 22.3 Å². The van der Waals surface area contributed by atoms with Crippen molar-refractivity contribution < 1.29 is 33.5 Å². The minimum Gasteiger partial charge on any atom is -0.494 e. The van der Waals surface area contributed by atoms with Crippen LogP contribution in [0.5, 0.6) is 17.2 Å². The zero-order valence-electron chi connectivity index (χ0n) is 22.6. The molecule has 0 bridgehead atoms. The van der Waals surface area contributed by atoms with Gasteiger partial charge in [-0.05, 0) is 79.2 Å². The van der Waals surface area contributed by atoms with Crippen molar-refractivity contribution in [2.75, 3.05) is 25.1 Å². The Hall–Kier alpha value is -4.36. The second-order valence-corrected chi connectivity index (χ2v) is 10.6. The Balaban J connectivity index is 1.46. The molecule has 1 heterocycles. The number of carbonyl (C=O) groups is 3. The highest BCUT2D eigenvalue weighted by molar-refractivity contribution is 9.10. The van der Waals surface area contributed by atoms with Gasteiger partial charge in [0.25, 0.3) is 16.8 Å². The van der Waals surface area contributed by atoms with Gasteiger partial charge in [0.1, 0.15) is 18.9 Å². The van der Waals surface area contributed by atoms with Gasteiger partial charge >= 0.3 is 0 Å². The van der Waals surface area contributed by atoms with Crippen LogP contribution in [0, 0.1) is 10.1 Å². The predicted molar refractivity (Wildman–Crippen MR) is 162 cm³/mol. The van der Waals surface area contributed by atoms with E-state index in [1.807, 2.05) is 6.92 Å². The van der Waals surface area contributed by atoms with Gasteiger partial charge in [-0.15, -0.1) is 0 Å². The number of benzene rings is 3. The average Bonchev–Trinajstić information content (AvgIpc) is 3.22. The summed E-state index contributed by atoms with van der Waals surface area (Å²) in [5, 5.41) is 13.2. The fourth-order valence-corrected chi connectivity index (χ4v) is 5.15. The van der Waals surface area contributed by atoms with E-state index in [0.29, 0.717) is 51.7 Å². The first-order valence-electron chi connectivity index (χ1n) is 12.8. The monoisotopic (exact) mass is 655 g/mol. The first kappa shape index (κ1) is 30.6. The highest BCUT2D eigenvalue weighted by atomic mass is 79.9. The summed E-state index contributed by atoms with van der Waals surface area (Å²) in [6.45, 7) is 4.13. The molecule has 11 nitrogen and oxygen atoms in total. The number of hydrogen-bond acceptors (Lipinski definition) is 9. The second kappa shape index (κ2) is 14.0. The molecule has 0 aliphatic carbocycles. The van der Waals surface area contributed by atoms with Crippen molar-refractivity contribution in [3.63, 3.8) is 0 Å². The number of carbonyl (C=O) groups excluding carboxylic acids is 3. The molecule has 0 radical (unpaired) electrons. The lowest BCUT2D eigenvalue weighted by Gasteiger charge is -2.14. The third-order valence-corrected chi connectivity index (χ3v) is 7.38. The van der Waals surface area contributed by atoms with Crippen molar-refractivity contribution in [3.05, 3.63) is 91.3 Å². The zero-order valence-corrected chi connectivity index (χ0v) is 25.0. The Bertz CT molecular complexity index is 1540. The lowest BCUT2D eigenvalue weighted by molar-refractivity contribution is -0.384. The molecule has 1 aliphatic heterocycles. The third-order valence-electron chi connectivity index (χ3n) is 5.79. The summed E-state index contributed by atoms with van der Waals surface area (Å²) in [7, 11) is 0. The highest BCUT2D eigenvalue weighted by Gasteiger charge is 2.36. The quantitative estimate of drug-likeness (QED) is 0.133. The number of imide groups is 1. The number of nitro benzene ring substituents is 1. The minimum atomic E-state index is -0.595. The van der Waals surface area contributed by atoms with E-state index in [-0.39, 0.29) is 17.2 Å². The number of thioether (sulfide) groups is 1. The van der Waals surface area contributed by atoms with E-state index in [4.69, 9.17) is 14.2 Å². The molecule has 3 aromatic carbocycles. The molecule has 42 heavy (non-hydrogen) atoms. The molecule has 218 valence electrons. The number of hydrogen-bond donors (Lipinski definition) is 1. The van der Waals surface area contributed by atoms with Crippen LogP contribution in [0.2, 0.25) is 0 Å². The SMILES string of the molecule is CCOc1ccc(NC(=O)CN2C(=O)S/C(=C/c3cc(OCC)c(OCc4cccc([N+](=O)[O-])c4)cc3Br)C2=O)cc1.